The Kier molecular flexibility index (Phi) is 4.58. The number of benzene rings is 1. The van der Waals surface area contributed by atoms with Crippen LogP contribution in [0.1, 0.15) is 5.56 Å². The molecule has 0 aliphatic carbocycles. The summed E-state index contributed by atoms with van der Waals surface area (Å²) in [4.78, 5) is 11.7. The summed E-state index contributed by atoms with van der Waals surface area (Å²) in [5, 5.41) is 7.57. The van der Waals surface area contributed by atoms with Gasteiger partial charge < -0.3 is 4.74 Å². The normalized spacial score (nSPS) is 10.8. The Morgan fingerprint density at radius 3 is 2.57 bits per heavy atom. The van der Waals surface area contributed by atoms with Gasteiger partial charge in [-0.15, -0.1) is 10.2 Å². The maximum absolute atomic E-state index is 13.7. The summed E-state index contributed by atoms with van der Waals surface area (Å²) < 4.78 is 19.1. The summed E-state index contributed by atoms with van der Waals surface area (Å²) in [6, 6.07) is 14.7. The van der Waals surface area contributed by atoms with E-state index >= 15 is 0 Å². The molecule has 0 aliphatic rings. The minimum absolute atomic E-state index is 0.0326. The second-order valence-electron chi connectivity index (χ2n) is 4.49. The molecule has 2 heterocycles. The van der Waals surface area contributed by atoms with Crippen LogP contribution in [-0.2, 0) is 6.61 Å². The number of nitrogens with zero attached hydrogens (tertiary/aromatic N) is 5. The molecular formula is C16H12FN5O. The number of azo groups is 1. The minimum atomic E-state index is -0.684. The van der Waals surface area contributed by atoms with Crippen molar-refractivity contribution in [3.8, 4) is 6.01 Å². The topological polar surface area (TPSA) is 72.6 Å². The van der Waals surface area contributed by atoms with Crippen LogP contribution in [0.5, 0.6) is 6.01 Å². The molecule has 23 heavy (non-hydrogen) atoms. The first-order valence-electron chi connectivity index (χ1n) is 6.83. The molecule has 0 N–H and O–H groups in total. The van der Waals surface area contributed by atoms with Gasteiger partial charge in [0.25, 0.3) is 0 Å². The number of pyridine rings is 1. The number of hydrogen-bond acceptors (Lipinski definition) is 6. The van der Waals surface area contributed by atoms with Gasteiger partial charge in [0.05, 0.1) is 6.20 Å². The van der Waals surface area contributed by atoms with Crippen LogP contribution in [0.3, 0.4) is 0 Å². The lowest BCUT2D eigenvalue weighted by Gasteiger charge is -2.04. The van der Waals surface area contributed by atoms with Crippen molar-refractivity contribution in [2.75, 3.05) is 0 Å². The Morgan fingerprint density at radius 1 is 0.957 bits per heavy atom. The predicted octanol–water partition coefficient (Wildman–Crippen LogP) is 4.01. The number of ether oxygens (including phenoxy) is 1. The van der Waals surface area contributed by atoms with E-state index in [2.05, 4.69) is 25.2 Å². The maximum Gasteiger partial charge on any atom is 0.318 e. The van der Waals surface area contributed by atoms with Gasteiger partial charge >= 0.3 is 6.01 Å². The predicted molar refractivity (Wildman–Crippen MR) is 81.2 cm³/mol. The molecule has 0 unspecified atom stereocenters. The Labute approximate surface area is 131 Å². The molecule has 0 bridgehead atoms. The van der Waals surface area contributed by atoms with Crippen LogP contribution in [0, 0.1) is 5.82 Å². The van der Waals surface area contributed by atoms with Crippen molar-refractivity contribution in [3.63, 3.8) is 0 Å². The summed E-state index contributed by atoms with van der Waals surface area (Å²) in [5.41, 5.74) is 0.956. The van der Waals surface area contributed by atoms with E-state index in [1.807, 2.05) is 30.3 Å². The second kappa shape index (κ2) is 7.17. The van der Waals surface area contributed by atoms with Gasteiger partial charge in [-0.3, -0.25) is 0 Å². The fourth-order valence-corrected chi connectivity index (χ4v) is 1.72. The smallest absolute Gasteiger partial charge is 0.318 e. The highest BCUT2D eigenvalue weighted by molar-refractivity contribution is 5.31. The van der Waals surface area contributed by atoms with Crippen LogP contribution in [0.2, 0.25) is 0 Å². The molecule has 2 aromatic heterocycles. The molecule has 0 atom stereocenters. The van der Waals surface area contributed by atoms with E-state index in [-0.39, 0.29) is 18.4 Å². The van der Waals surface area contributed by atoms with E-state index in [1.54, 1.807) is 24.4 Å². The number of halogens is 1. The highest BCUT2D eigenvalue weighted by Crippen LogP contribution is 2.19. The van der Waals surface area contributed by atoms with E-state index < -0.39 is 5.82 Å². The highest BCUT2D eigenvalue weighted by atomic mass is 19.1. The molecule has 0 fully saturated rings. The van der Waals surface area contributed by atoms with Gasteiger partial charge in [-0.1, -0.05) is 36.4 Å². The van der Waals surface area contributed by atoms with Crippen molar-refractivity contribution in [2.24, 2.45) is 10.2 Å². The Hall–Kier alpha value is -3.22. The standard InChI is InChI=1S/C16H12FN5O/c17-13-10-19-16(23-11-12-6-2-1-3-7-12)20-15(13)22-21-14-8-4-5-9-18-14/h1-10H,11H2. The highest BCUT2D eigenvalue weighted by Gasteiger charge is 2.07. The Balaban J connectivity index is 1.73. The van der Waals surface area contributed by atoms with Crippen LogP contribution in [0.4, 0.5) is 16.0 Å². The molecule has 0 spiro atoms. The third kappa shape index (κ3) is 4.13. The van der Waals surface area contributed by atoms with Crippen molar-refractivity contribution >= 4 is 11.6 Å². The van der Waals surface area contributed by atoms with Gasteiger partial charge in [0.15, 0.2) is 11.6 Å². The van der Waals surface area contributed by atoms with Crippen molar-refractivity contribution in [3.05, 3.63) is 72.3 Å². The van der Waals surface area contributed by atoms with Crippen LogP contribution in [0.25, 0.3) is 0 Å². The molecule has 0 amide bonds. The van der Waals surface area contributed by atoms with E-state index in [9.17, 15) is 4.39 Å². The maximum atomic E-state index is 13.7. The van der Waals surface area contributed by atoms with Gasteiger partial charge in [0.1, 0.15) is 6.61 Å². The monoisotopic (exact) mass is 309 g/mol. The molecule has 6 nitrogen and oxygen atoms in total. The Bertz CT molecular complexity index is 796. The first-order valence-corrected chi connectivity index (χ1v) is 6.83. The summed E-state index contributed by atoms with van der Waals surface area (Å²) in [5.74, 6) is -0.525. The summed E-state index contributed by atoms with van der Waals surface area (Å²) in [6.45, 7) is 0.281. The summed E-state index contributed by atoms with van der Waals surface area (Å²) in [6.07, 6.45) is 2.57. The first kappa shape index (κ1) is 14.7. The zero-order valence-corrected chi connectivity index (χ0v) is 12.0. The molecule has 0 radical (unpaired) electrons. The van der Waals surface area contributed by atoms with Crippen molar-refractivity contribution in [2.45, 2.75) is 6.61 Å². The number of rotatable bonds is 5. The fourth-order valence-electron chi connectivity index (χ4n) is 1.72. The molecule has 3 aromatic rings. The van der Waals surface area contributed by atoms with E-state index in [0.717, 1.165) is 11.8 Å². The van der Waals surface area contributed by atoms with Gasteiger partial charge in [-0.05, 0) is 17.7 Å². The lowest BCUT2D eigenvalue weighted by molar-refractivity contribution is 0.279. The number of hydrogen-bond donors (Lipinski definition) is 0. The van der Waals surface area contributed by atoms with Gasteiger partial charge in [0, 0.05) is 6.20 Å². The molecule has 3 rings (SSSR count). The average molecular weight is 309 g/mol. The first-order chi connectivity index (χ1) is 11.3. The van der Waals surface area contributed by atoms with Crippen LogP contribution in [-0.4, -0.2) is 15.0 Å². The zero-order valence-electron chi connectivity index (χ0n) is 12.0. The van der Waals surface area contributed by atoms with E-state index in [4.69, 9.17) is 4.74 Å². The van der Waals surface area contributed by atoms with Crippen LogP contribution < -0.4 is 4.74 Å². The molecular weight excluding hydrogens is 297 g/mol. The largest absolute Gasteiger partial charge is 0.459 e. The van der Waals surface area contributed by atoms with Gasteiger partial charge in [-0.25, -0.2) is 14.4 Å². The molecule has 114 valence electrons. The average Bonchev–Trinajstić information content (AvgIpc) is 2.62. The molecule has 0 aliphatic heterocycles. The summed E-state index contributed by atoms with van der Waals surface area (Å²) >= 11 is 0. The van der Waals surface area contributed by atoms with Gasteiger partial charge in [-0.2, -0.15) is 4.98 Å². The van der Waals surface area contributed by atoms with Crippen molar-refractivity contribution in [1.29, 1.82) is 0 Å². The summed E-state index contributed by atoms with van der Waals surface area (Å²) in [7, 11) is 0. The lowest BCUT2D eigenvalue weighted by Crippen LogP contribution is -1.99. The van der Waals surface area contributed by atoms with Gasteiger partial charge in [0.2, 0.25) is 5.82 Å². The van der Waals surface area contributed by atoms with Crippen molar-refractivity contribution in [1.82, 2.24) is 15.0 Å². The number of aromatic nitrogens is 3. The lowest BCUT2D eigenvalue weighted by atomic mass is 10.2. The molecule has 7 heteroatoms. The molecule has 0 saturated carbocycles. The third-order valence-corrected chi connectivity index (χ3v) is 2.81. The van der Waals surface area contributed by atoms with Crippen LogP contribution in [0.15, 0.2) is 71.2 Å². The second-order valence-corrected chi connectivity index (χ2v) is 4.49. The zero-order chi connectivity index (χ0) is 15.9. The van der Waals surface area contributed by atoms with E-state index in [0.29, 0.717) is 5.82 Å². The molecule has 1 aromatic carbocycles. The molecule has 0 saturated heterocycles. The third-order valence-electron chi connectivity index (χ3n) is 2.81. The fraction of sp³-hybridized carbons (Fsp3) is 0.0625. The SMILES string of the molecule is Fc1cnc(OCc2ccccc2)nc1N=Nc1ccccn1. The minimum Gasteiger partial charge on any atom is -0.459 e. The quantitative estimate of drug-likeness (QED) is 0.668. The van der Waals surface area contributed by atoms with Crippen LogP contribution >= 0.6 is 0 Å². The van der Waals surface area contributed by atoms with E-state index in [1.165, 1.54) is 0 Å². The van der Waals surface area contributed by atoms with Crippen molar-refractivity contribution < 1.29 is 9.13 Å². The Morgan fingerprint density at radius 2 is 1.78 bits per heavy atom.